The zero-order valence-corrected chi connectivity index (χ0v) is 4.41. The van der Waals surface area contributed by atoms with Crippen molar-refractivity contribution in [2.75, 3.05) is 0 Å². The van der Waals surface area contributed by atoms with Crippen LogP contribution in [0.3, 0.4) is 0 Å². The molecule has 0 amide bonds. The third kappa shape index (κ3) is 3.87. The first-order valence-electron chi connectivity index (χ1n) is 2.52. The Labute approximate surface area is 40.6 Å². The third-order valence-corrected chi connectivity index (χ3v) is 0.697. The van der Waals surface area contributed by atoms with E-state index in [2.05, 4.69) is 20.3 Å². The third-order valence-electron chi connectivity index (χ3n) is 0.697. The molecule has 0 rings (SSSR count). The summed E-state index contributed by atoms with van der Waals surface area (Å²) in [6.45, 7) is 5.84. The van der Waals surface area contributed by atoms with Gasteiger partial charge in [0.15, 0.2) is 0 Å². The van der Waals surface area contributed by atoms with Crippen molar-refractivity contribution < 1.29 is 0 Å². The first-order valence-corrected chi connectivity index (χ1v) is 2.52. The lowest BCUT2D eigenvalue weighted by Gasteiger charge is -1.81. The molecule has 0 bridgehead atoms. The summed E-state index contributed by atoms with van der Waals surface area (Å²) in [6, 6.07) is 0. The lowest BCUT2D eigenvalue weighted by atomic mass is 10.2. The van der Waals surface area contributed by atoms with Crippen LogP contribution in [0, 0.1) is 13.3 Å². The Bertz CT molecular complexity index is 12.0. The van der Waals surface area contributed by atoms with Gasteiger partial charge in [-0.2, -0.15) is 0 Å². The molecule has 0 fully saturated rings. The van der Waals surface area contributed by atoms with Gasteiger partial charge in [0, 0.05) is 0 Å². The molecule has 0 heterocycles. The number of hydrogen-bond donors (Lipinski definition) is 0. The van der Waals surface area contributed by atoms with Gasteiger partial charge in [-0.1, -0.05) is 13.3 Å². The highest BCUT2D eigenvalue weighted by Gasteiger charge is 1.80. The molecule has 0 saturated heterocycles. The zero-order chi connectivity index (χ0) is 4.83. The minimum atomic E-state index is 1.05. The summed E-state index contributed by atoms with van der Waals surface area (Å²) in [4.78, 5) is 0. The van der Waals surface area contributed by atoms with Crippen molar-refractivity contribution in [2.24, 2.45) is 0 Å². The van der Waals surface area contributed by atoms with Crippen molar-refractivity contribution in [3.05, 3.63) is 13.3 Å². The molecule has 0 aliphatic rings. The second kappa shape index (κ2) is 4.87. The van der Waals surface area contributed by atoms with Crippen molar-refractivity contribution in [1.82, 2.24) is 0 Å². The molecular weight excluding hydrogens is 72.1 g/mol. The van der Waals surface area contributed by atoms with Gasteiger partial charge in [-0.25, -0.2) is 0 Å². The lowest BCUT2D eigenvalue weighted by Crippen LogP contribution is -1.68. The molecule has 0 aromatic heterocycles. The highest BCUT2D eigenvalue weighted by atomic mass is 13.8. The molecule has 0 heteroatoms. The molecule has 0 atom stereocenters. The van der Waals surface area contributed by atoms with Gasteiger partial charge in [0.2, 0.25) is 0 Å². The van der Waals surface area contributed by atoms with E-state index in [1.807, 2.05) is 0 Å². The van der Waals surface area contributed by atoms with Gasteiger partial charge in [0.25, 0.3) is 0 Å². The quantitative estimate of drug-likeness (QED) is 0.363. The molecule has 0 N–H and O–H groups in total. The van der Waals surface area contributed by atoms with Crippen LogP contribution in [-0.4, -0.2) is 0 Å². The topological polar surface area (TPSA) is 0 Å². The number of unbranched alkanes of at least 4 members (excludes halogenated alkanes) is 3. The Hall–Kier alpha value is -0.130. The zero-order valence-electron chi connectivity index (χ0n) is 4.41. The van der Waals surface area contributed by atoms with Crippen molar-refractivity contribution in [3.8, 4) is 0 Å². The molecule has 35 valence electrons. The van der Waals surface area contributed by atoms with Crippen LogP contribution < -0.4 is 0 Å². The number of hydrogen-bond acceptors (Lipinski definition) is 0. The number of rotatable bonds is 3. The Morgan fingerprint density at radius 1 is 1.67 bits per heavy atom. The fourth-order valence-corrected chi connectivity index (χ4v) is 0.348. The second-order valence-electron chi connectivity index (χ2n) is 1.34. The van der Waals surface area contributed by atoms with E-state index in [-0.39, 0.29) is 0 Å². The van der Waals surface area contributed by atoms with E-state index < -0.39 is 0 Å². The highest BCUT2D eigenvalue weighted by Crippen LogP contribution is 1.93. The van der Waals surface area contributed by atoms with Gasteiger partial charge in [-0.05, 0) is 12.8 Å². The van der Waals surface area contributed by atoms with Gasteiger partial charge >= 0.3 is 0 Å². The van der Waals surface area contributed by atoms with E-state index in [9.17, 15) is 0 Å². The van der Waals surface area contributed by atoms with E-state index in [1.54, 1.807) is 0 Å². The van der Waals surface area contributed by atoms with E-state index in [0.29, 0.717) is 0 Å². The van der Waals surface area contributed by atoms with Gasteiger partial charge in [0.05, 0.1) is 13.3 Å². The van der Waals surface area contributed by atoms with Crippen molar-refractivity contribution >= 4 is 0 Å². The largest absolute Gasteiger partial charge is 0.0853 e. The van der Waals surface area contributed by atoms with Gasteiger partial charge in [-0.3, -0.25) is 0 Å². The predicted molar refractivity (Wildman–Crippen MR) is 29.2 cm³/mol. The van der Waals surface area contributed by atoms with Crippen LogP contribution in [0.5, 0.6) is 0 Å². The maximum absolute atomic E-state index is 3.69. The van der Waals surface area contributed by atoms with Crippen LogP contribution >= 0.6 is 0 Å². The van der Waals surface area contributed by atoms with Crippen LogP contribution in [0.4, 0.5) is 0 Å². The first-order chi connectivity index (χ1) is 2.91. The second-order valence-corrected chi connectivity index (χ2v) is 1.34. The van der Waals surface area contributed by atoms with Crippen LogP contribution in [-0.2, 0) is 0 Å². The molecule has 0 unspecified atom stereocenters. The summed E-state index contributed by atoms with van der Waals surface area (Å²) < 4.78 is 0. The molecule has 0 aromatic rings. The molecule has 0 spiro atoms. The van der Waals surface area contributed by atoms with Crippen molar-refractivity contribution in [2.45, 2.75) is 26.2 Å². The van der Waals surface area contributed by atoms with E-state index in [0.717, 1.165) is 6.42 Å². The Kier molecular flexibility index (Phi) is 4.76. The molecule has 0 aromatic carbocycles. The molecule has 1 radical (unpaired) electrons. The Morgan fingerprint density at radius 2 is 2.33 bits per heavy atom. The Balaban J connectivity index is 2.34. The smallest absolute Gasteiger partial charge is 0.0651 e. The molecule has 0 aliphatic heterocycles. The standard InChI is InChI=1S/C6H12/c1-3-5-6-4-2/h6H,1,3-5H2,2H3/q+1. The van der Waals surface area contributed by atoms with Crippen LogP contribution in [0.1, 0.15) is 26.2 Å². The maximum atomic E-state index is 3.69. The van der Waals surface area contributed by atoms with Crippen molar-refractivity contribution in [1.29, 1.82) is 0 Å². The minimum absolute atomic E-state index is 1.05. The minimum Gasteiger partial charge on any atom is -0.0651 e. The molecular formula is C6H12+. The van der Waals surface area contributed by atoms with Gasteiger partial charge in [0.1, 0.15) is 0 Å². The summed E-state index contributed by atoms with van der Waals surface area (Å²) in [6.07, 6.45) is 5.66. The van der Waals surface area contributed by atoms with Gasteiger partial charge < -0.3 is 0 Å². The average Bonchev–Trinajstić information content (AvgIpc) is 1.61. The van der Waals surface area contributed by atoms with E-state index >= 15 is 0 Å². The van der Waals surface area contributed by atoms with Crippen LogP contribution in [0.25, 0.3) is 0 Å². The molecule has 6 heavy (non-hydrogen) atoms. The SMILES string of the molecule is [CH2+]CC[CH]CC. The molecule has 0 aliphatic carbocycles. The summed E-state index contributed by atoms with van der Waals surface area (Å²) in [7, 11) is 0. The fraction of sp³-hybridized carbons (Fsp3) is 0.667. The monoisotopic (exact) mass is 84.1 g/mol. The maximum Gasteiger partial charge on any atom is 0.0853 e. The molecule has 0 nitrogen and oxygen atoms in total. The highest BCUT2D eigenvalue weighted by molar-refractivity contribution is 4.60. The summed E-state index contributed by atoms with van der Waals surface area (Å²) in [5.74, 6) is 0. The van der Waals surface area contributed by atoms with Crippen LogP contribution in [0.15, 0.2) is 0 Å². The normalized spacial score (nSPS) is 8.83. The molecule has 0 saturated carbocycles. The lowest BCUT2D eigenvalue weighted by molar-refractivity contribution is 0.900. The summed E-state index contributed by atoms with van der Waals surface area (Å²) in [5.41, 5.74) is 0. The first kappa shape index (κ1) is 5.87. The Morgan fingerprint density at radius 3 is 2.50 bits per heavy atom. The summed E-state index contributed by atoms with van der Waals surface area (Å²) >= 11 is 0. The van der Waals surface area contributed by atoms with E-state index in [1.165, 1.54) is 12.8 Å². The average molecular weight is 84.2 g/mol. The summed E-state index contributed by atoms with van der Waals surface area (Å²) in [5, 5.41) is 0. The van der Waals surface area contributed by atoms with Crippen LogP contribution in [0.2, 0.25) is 0 Å². The fourth-order valence-electron chi connectivity index (χ4n) is 0.348. The van der Waals surface area contributed by atoms with Crippen molar-refractivity contribution in [3.63, 3.8) is 0 Å². The van der Waals surface area contributed by atoms with E-state index in [4.69, 9.17) is 0 Å². The predicted octanol–water partition coefficient (Wildman–Crippen LogP) is 2.21. The van der Waals surface area contributed by atoms with Gasteiger partial charge in [-0.15, -0.1) is 0 Å².